The molecule has 0 saturated heterocycles. The van der Waals surface area contributed by atoms with E-state index in [0.29, 0.717) is 17.5 Å². The molecule has 0 aliphatic rings. The fourth-order valence-electron chi connectivity index (χ4n) is 7.07. The fourth-order valence-corrected chi connectivity index (χ4v) is 7.07. The van der Waals surface area contributed by atoms with Gasteiger partial charge in [-0.3, -0.25) is 0 Å². The summed E-state index contributed by atoms with van der Waals surface area (Å²) in [5.74, 6) is 1.83. The van der Waals surface area contributed by atoms with E-state index in [-0.39, 0.29) is 0 Å². The molecular formula is C43H26N4O. The number of rotatable bonds is 4. The fraction of sp³-hybridized carbons (Fsp3) is 0. The van der Waals surface area contributed by atoms with E-state index in [1.165, 1.54) is 10.8 Å². The molecule has 0 saturated carbocycles. The molecule has 0 spiro atoms. The van der Waals surface area contributed by atoms with Crippen LogP contribution in [0.5, 0.6) is 0 Å². The lowest BCUT2D eigenvalue weighted by Gasteiger charge is -2.12. The van der Waals surface area contributed by atoms with Gasteiger partial charge in [0.2, 0.25) is 0 Å². The molecule has 0 fully saturated rings. The lowest BCUT2D eigenvalue weighted by atomic mass is 10.0. The SMILES string of the molecule is c1ccc(-c2nc(-c3cccc(-n4c5ccccc5c5ccccc54)c3)nc(-c3cccc4oc5c6ccccc6ccc5c34)n2)cc1. The van der Waals surface area contributed by atoms with Crippen molar-refractivity contribution in [3.05, 3.63) is 158 Å². The van der Waals surface area contributed by atoms with Crippen LogP contribution in [0.2, 0.25) is 0 Å². The summed E-state index contributed by atoms with van der Waals surface area (Å²) in [5, 5.41) is 6.70. The van der Waals surface area contributed by atoms with Crippen molar-refractivity contribution < 1.29 is 4.42 Å². The molecule has 5 heteroatoms. The largest absolute Gasteiger partial charge is 0.455 e. The van der Waals surface area contributed by atoms with Crippen molar-refractivity contribution in [2.45, 2.75) is 0 Å². The van der Waals surface area contributed by atoms with Crippen LogP contribution in [0.15, 0.2) is 162 Å². The summed E-state index contributed by atoms with van der Waals surface area (Å²) in [5.41, 5.74) is 7.76. The number of hydrogen-bond acceptors (Lipinski definition) is 4. The monoisotopic (exact) mass is 614 g/mol. The lowest BCUT2D eigenvalue weighted by molar-refractivity contribution is 0.672. The first-order valence-electron chi connectivity index (χ1n) is 16.0. The molecule has 10 rings (SSSR count). The minimum Gasteiger partial charge on any atom is -0.455 e. The van der Waals surface area contributed by atoms with Gasteiger partial charge in [0.1, 0.15) is 11.2 Å². The van der Waals surface area contributed by atoms with Crippen molar-refractivity contribution in [2.75, 3.05) is 0 Å². The van der Waals surface area contributed by atoms with Gasteiger partial charge in [0.05, 0.1) is 11.0 Å². The highest BCUT2D eigenvalue weighted by atomic mass is 16.3. The first-order chi connectivity index (χ1) is 23.8. The zero-order chi connectivity index (χ0) is 31.6. The Hall–Kier alpha value is -6.59. The van der Waals surface area contributed by atoms with E-state index < -0.39 is 0 Å². The smallest absolute Gasteiger partial charge is 0.164 e. The molecule has 0 radical (unpaired) electrons. The number of nitrogens with zero attached hydrogens (tertiary/aromatic N) is 4. The van der Waals surface area contributed by atoms with Gasteiger partial charge >= 0.3 is 0 Å². The van der Waals surface area contributed by atoms with Gasteiger partial charge in [-0.15, -0.1) is 0 Å². The first kappa shape index (κ1) is 26.6. The van der Waals surface area contributed by atoms with Gasteiger partial charge in [-0.05, 0) is 41.8 Å². The Labute approximate surface area is 275 Å². The molecule has 3 aromatic heterocycles. The van der Waals surface area contributed by atoms with Crippen LogP contribution >= 0.6 is 0 Å². The van der Waals surface area contributed by atoms with Gasteiger partial charge in [0.25, 0.3) is 0 Å². The quantitative estimate of drug-likeness (QED) is 0.198. The van der Waals surface area contributed by atoms with E-state index in [9.17, 15) is 0 Å². The van der Waals surface area contributed by atoms with E-state index in [0.717, 1.165) is 66.1 Å². The van der Waals surface area contributed by atoms with Crippen LogP contribution in [0, 0.1) is 0 Å². The minimum absolute atomic E-state index is 0.600. The van der Waals surface area contributed by atoms with Gasteiger partial charge in [0, 0.05) is 49.3 Å². The van der Waals surface area contributed by atoms with E-state index in [4.69, 9.17) is 19.4 Å². The predicted octanol–water partition coefficient (Wildman–Crippen LogP) is 11.0. The van der Waals surface area contributed by atoms with Gasteiger partial charge in [-0.2, -0.15) is 0 Å². The Morgan fingerprint density at radius 2 is 1.06 bits per heavy atom. The van der Waals surface area contributed by atoms with Crippen molar-refractivity contribution in [3.8, 4) is 39.9 Å². The van der Waals surface area contributed by atoms with Crippen LogP contribution in [0.25, 0.3) is 94.4 Å². The molecule has 48 heavy (non-hydrogen) atoms. The van der Waals surface area contributed by atoms with Gasteiger partial charge < -0.3 is 8.98 Å². The molecular weight excluding hydrogens is 589 g/mol. The highest BCUT2D eigenvalue weighted by Crippen LogP contribution is 2.39. The molecule has 0 aliphatic carbocycles. The second kappa shape index (κ2) is 10.5. The maximum atomic E-state index is 6.51. The minimum atomic E-state index is 0.600. The topological polar surface area (TPSA) is 56.7 Å². The molecule has 224 valence electrons. The predicted molar refractivity (Wildman–Crippen MR) is 195 cm³/mol. The standard InChI is InChI=1S/C43H26N4O/c1-2-13-28(14-3-1)41-44-42(29-15-10-16-30(26-29)47-36-21-8-6-18-32(36)33-19-7-9-22-37(33)47)46-43(45-41)35-20-11-23-38-39(35)34-25-24-27-12-4-5-17-31(27)40(34)48-38/h1-26H. The molecule has 0 atom stereocenters. The molecule has 3 heterocycles. The van der Waals surface area contributed by atoms with Crippen LogP contribution in [-0.4, -0.2) is 19.5 Å². The molecule has 10 aromatic rings. The van der Waals surface area contributed by atoms with Crippen LogP contribution < -0.4 is 0 Å². The summed E-state index contributed by atoms with van der Waals surface area (Å²) in [6, 6.07) is 54.4. The summed E-state index contributed by atoms with van der Waals surface area (Å²) in [6.07, 6.45) is 0. The second-order valence-electron chi connectivity index (χ2n) is 12.0. The Morgan fingerprint density at radius 1 is 0.438 bits per heavy atom. The maximum Gasteiger partial charge on any atom is 0.164 e. The number of hydrogen-bond donors (Lipinski definition) is 0. The third-order valence-corrected chi connectivity index (χ3v) is 9.24. The summed E-state index contributed by atoms with van der Waals surface area (Å²) >= 11 is 0. The normalized spacial score (nSPS) is 11.8. The molecule has 0 amide bonds. The zero-order valence-corrected chi connectivity index (χ0v) is 25.7. The van der Waals surface area contributed by atoms with Crippen LogP contribution in [0.3, 0.4) is 0 Å². The molecule has 0 N–H and O–H groups in total. The van der Waals surface area contributed by atoms with Crippen molar-refractivity contribution in [1.29, 1.82) is 0 Å². The van der Waals surface area contributed by atoms with Crippen molar-refractivity contribution >= 4 is 54.5 Å². The van der Waals surface area contributed by atoms with E-state index in [2.05, 4.69) is 114 Å². The highest BCUT2D eigenvalue weighted by molar-refractivity contribution is 6.18. The molecule has 0 aliphatic heterocycles. The van der Waals surface area contributed by atoms with E-state index in [1.54, 1.807) is 0 Å². The number of furan rings is 1. The highest BCUT2D eigenvalue weighted by Gasteiger charge is 2.19. The number of fused-ring (bicyclic) bond motifs is 8. The summed E-state index contributed by atoms with van der Waals surface area (Å²) in [7, 11) is 0. The summed E-state index contributed by atoms with van der Waals surface area (Å²) in [4.78, 5) is 15.3. The van der Waals surface area contributed by atoms with Crippen molar-refractivity contribution in [1.82, 2.24) is 19.5 Å². The number of aromatic nitrogens is 4. The Kier molecular flexibility index (Phi) is 5.81. The summed E-state index contributed by atoms with van der Waals surface area (Å²) in [6.45, 7) is 0. The van der Waals surface area contributed by atoms with Crippen molar-refractivity contribution in [3.63, 3.8) is 0 Å². The van der Waals surface area contributed by atoms with E-state index >= 15 is 0 Å². The maximum absolute atomic E-state index is 6.51. The Morgan fingerprint density at radius 3 is 1.85 bits per heavy atom. The molecule has 0 bridgehead atoms. The van der Waals surface area contributed by atoms with Gasteiger partial charge in [-0.1, -0.05) is 121 Å². The van der Waals surface area contributed by atoms with Crippen LogP contribution in [0.4, 0.5) is 0 Å². The van der Waals surface area contributed by atoms with Gasteiger partial charge in [-0.25, -0.2) is 15.0 Å². The lowest BCUT2D eigenvalue weighted by Crippen LogP contribution is -2.01. The second-order valence-corrected chi connectivity index (χ2v) is 12.0. The molecule has 7 aromatic carbocycles. The average molecular weight is 615 g/mol. The molecule has 5 nitrogen and oxygen atoms in total. The first-order valence-corrected chi connectivity index (χ1v) is 16.0. The van der Waals surface area contributed by atoms with E-state index in [1.807, 2.05) is 48.5 Å². The van der Waals surface area contributed by atoms with Gasteiger partial charge in [0.15, 0.2) is 17.5 Å². The molecule has 0 unspecified atom stereocenters. The van der Waals surface area contributed by atoms with Crippen LogP contribution in [0.1, 0.15) is 0 Å². The number of benzene rings is 7. The Bertz CT molecular complexity index is 2800. The number of para-hydroxylation sites is 2. The summed E-state index contributed by atoms with van der Waals surface area (Å²) < 4.78 is 8.83. The third-order valence-electron chi connectivity index (χ3n) is 9.24. The van der Waals surface area contributed by atoms with Crippen LogP contribution in [-0.2, 0) is 0 Å². The zero-order valence-electron chi connectivity index (χ0n) is 25.7. The third kappa shape index (κ3) is 4.08. The average Bonchev–Trinajstić information content (AvgIpc) is 3.71. The van der Waals surface area contributed by atoms with Crippen molar-refractivity contribution in [2.24, 2.45) is 0 Å². The Balaban J connectivity index is 1.21.